The van der Waals surface area contributed by atoms with E-state index in [9.17, 15) is 115 Å². The van der Waals surface area contributed by atoms with Crippen molar-refractivity contribution in [3.8, 4) is 0 Å². The summed E-state index contributed by atoms with van der Waals surface area (Å²) in [7, 11) is -12.6. The van der Waals surface area contributed by atoms with Crippen molar-refractivity contribution in [2.45, 2.75) is 201 Å². The molecule has 38 heteroatoms. The molecular formula is C69H79BrF15NO16S5. The van der Waals surface area contributed by atoms with Gasteiger partial charge in [0.25, 0.3) is 0 Å². The summed E-state index contributed by atoms with van der Waals surface area (Å²) in [5, 5.41) is 12.7. The number of ether oxygens (including phenoxy) is 3. The highest BCUT2D eigenvalue weighted by atomic mass is 79.9. The van der Waals surface area contributed by atoms with Gasteiger partial charge in [-0.25, -0.2) is 25.3 Å². The van der Waals surface area contributed by atoms with Crippen molar-refractivity contribution >= 4 is 99.5 Å². The number of aliphatic carboxylic acids is 1. The van der Waals surface area contributed by atoms with Gasteiger partial charge in [-0.2, -0.15) is 65.9 Å². The van der Waals surface area contributed by atoms with Crippen molar-refractivity contribution in [1.29, 1.82) is 0 Å². The van der Waals surface area contributed by atoms with Crippen LogP contribution >= 0.6 is 40.3 Å². The van der Waals surface area contributed by atoms with E-state index >= 15 is 0 Å². The number of carboxylic acids is 1. The standard InChI is InChI=1S/C19H22F3NO4S.C13H15F3O4S.C13H15F3O2S.C11H11F3O4S.C7H5F3S.C6H11BrO2/c1-17(2,3)16-11-13(23-27-16)10-15(24)18(4,5)28(25,26)14-8-6-12(7-9-14)19(20,21)22;1-4-20-11(17)12(2,3)21(18,19)10-7-5-9(6-8-10)13(14,15)16;1-4-18-11(17)12(2,3)19-10-7-5-9(6-8-10)13(14,15)16;1-10(2,9(15)16)19(17,18)8-5-3-7(4-6-8)11(12,13)14;8-7(9,10)5-1-3-6(11)4-2-5;1-4-9-5(8)6(2,3)7/h6-9,11H,10H2,1-5H3;5-8H,4H2,1-3H3;5-8H,4H2,1-3H3;3-6H,1-2H3,(H,15,16);1-4,11H;4H2,1-3H3. The number of esters is 3. The highest BCUT2D eigenvalue weighted by Gasteiger charge is 2.47. The van der Waals surface area contributed by atoms with Crippen molar-refractivity contribution in [3.05, 3.63) is 167 Å². The maximum atomic E-state index is 12.9. The molecule has 0 saturated carbocycles. The molecule has 0 fully saturated rings. The van der Waals surface area contributed by atoms with Crippen LogP contribution < -0.4 is 0 Å². The van der Waals surface area contributed by atoms with Gasteiger partial charge in [0, 0.05) is 21.3 Å². The topological polar surface area (TPSA) is 262 Å². The molecule has 0 bridgehead atoms. The van der Waals surface area contributed by atoms with Gasteiger partial charge in [0.15, 0.2) is 44.8 Å². The van der Waals surface area contributed by atoms with Crippen LogP contribution in [-0.4, -0.2) is 108 Å². The Morgan fingerprint density at radius 3 is 0.991 bits per heavy atom. The number of carbonyl (C=O) groups excluding carboxylic acids is 4. The molecule has 1 N–H and O–H groups in total. The molecule has 6 aromatic rings. The van der Waals surface area contributed by atoms with Crippen LogP contribution in [-0.2, 0) is 110 Å². The van der Waals surface area contributed by atoms with E-state index in [1.54, 1.807) is 47.6 Å². The van der Waals surface area contributed by atoms with E-state index in [1.165, 1.54) is 56.8 Å². The summed E-state index contributed by atoms with van der Waals surface area (Å²) in [4.78, 5) is 57.7. The summed E-state index contributed by atoms with van der Waals surface area (Å²) >= 11 is 8.20. The summed E-state index contributed by atoms with van der Waals surface area (Å²) in [6.45, 7) is 25.0. The fourth-order valence-electron chi connectivity index (χ4n) is 7.46. The number of Topliss-reactive ketones (excluding diaryl/α,β-unsaturated/α-hetero) is 1. The molecule has 1 aromatic heterocycles. The normalized spacial score (nSPS) is 12.8. The third kappa shape index (κ3) is 28.3. The summed E-state index contributed by atoms with van der Waals surface area (Å²) in [5.74, 6) is -3.22. The minimum atomic E-state index is -4.58. The van der Waals surface area contributed by atoms with Crippen molar-refractivity contribution in [2.75, 3.05) is 19.8 Å². The zero-order valence-corrected chi connectivity index (χ0v) is 65.8. The van der Waals surface area contributed by atoms with Gasteiger partial charge in [-0.3, -0.25) is 24.0 Å². The summed E-state index contributed by atoms with van der Waals surface area (Å²) in [6, 6.07) is 19.7. The lowest BCUT2D eigenvalue weighted by Crippen LogP contribution is -2.42. The molecular weight excluding hydrogens is 1620 g/mol. The first-order valence-electron chi connectivity index (χ1n) is 31.0. The molecule has 598 valence electrons. The second-order valence-corrected chi connectivity index (χ2v) is 37.5. The van der Waals surface area contributed by atoms with Gasteiger partial charge in [-0.1, -0.05) is 41.9 Å². The third-order valence-electron chi connectivity index (χ3n) is 14.4. The number of thiol groups is 1. The average molecular weight is 1700 g/mol. The number of aromatic nitrogens is 1. The van der Waals surface area contributed by atoms with Crippen molar-refractivity contribution in [1.82, 2.24) is 5.16 Å². The highest BCUT2D eigenvalue weighted by Crippen LogP contribution is 2.39. The molecule has 0 amide bonds. The number of ketones is 1. The Labute approximate surface area is 627 Å². The van der Waals surface area contributed by atoms with Gasteiger partial charge < -0.3 is 23.8 Å². The van der Waals surface area contributed by atoms with E-state index in [1.807, 2.05) is 20.8 Å². The number of rotatable bonds is 18. The molecule has 107 heavy (non-hydrogen) atoms. The summed E-state index contributed by atoms with van der Waals surface area (Å²) in [6.07, 6.45) is -22.6. The maximum Gasteiger partial charge on any atom is 0.416 e. The van der Waals surface area contributed by atoms with Crippen molar-refractivity contribution in [3.63, 3.8) is 0 Å². The zero-order valence-electron chi connectivity index (χ0n) is 60.1. The molecule has 0 saturated heterocycles. The molecule has 0 aliphatic rings. The lowest BCUT2D eigenvalue weighted by atomic mass is 9.92. The first kappa shape index (κ1) is 97.9. The van der Waals surface area contributed by atoms with Gasteiger partial charge in [0.2, 0.25) is 0 Å². The number of carbonyl (C=O) groups is 5. The number of hydrogen-bond acceptors (Lipinski definition) is 18. The lowest BCUT2D eigenvalue weighted by Gasteiger charge is -2.23. The summed E-state index contributed by atoms with van der Waals surface area (Å²) < 4.78 is 272. The molecule has 0 unspecified atom stereocenters. The van der Waals surface area contributed by atoms with E-state index in [0.717, 1.165) is 88.4 Å². The van der Waals surface area contributed by atoms with Gasteiger partial charge >= 0.3 is 54.8 Å². The second-order valence-electron chi connectivity index (χ2n) is 25.8. The smallest absolute Gasteiger partial charge is 0.416 e. The number of alkyl halides is 16. The first-order valence-corrected chi connectivity index (χ1v) is 37.5. The Morgan fingerprint density at radius 1 is 0.439 bits per heavy atom. The van der Waals surface area contributed by atoms with E-state index < -0.39 is 134 Å². The number of carboxylic acid groups (broad SMARTS) is 1. The minimum Gasteiger partial charge on any atom is -0.480 e. The van der Waals surface area contributed by atoms with Crippen LogP contribution in [0.2, 0.25) is 0 Å². The van der Waals surface area contributed by atoms with Crippen LogP contribution in [0.4, 0.5) is 65.9 Å². The molecule has 0 aliphatic heterocycles. The number of sulfone groups is 3. The van der Waals surface area contributed by atoms with E-state index in [4.69, 9.17) is 23.8 Å². The van der Waals surface area contributed by atoms with E-state index in [-0.39, 0.29) is 46.8 Å². The number of hydrogen-bond donors (Lipinski definition) is 2. The molecule has 5 aromatic carbocycles. The van der Waals surface area contributed by atoms with Gasteiger partial charge in [-0.05, 0) is 211 Å². The van der Waals surface area contributed by atoms with Crippen LogP contribution in [0.1, 0.15) is 150 Å². The number of halogens is 16. The molecule has 1 heterocycles. The zero-order chi connectivity index (χ0) is 83.7. The van der Waals surface area contributed by atoms with Crippen LogP contribution in [0.25, 0.3) is 0 Å². The quantitative estimate of drug-likeness (QED) is 0.0202. The molecule has 0 radical (unpaired) electrons. The number of benzene rings is 5. The molecule has 0 spiro atoms. The third-order valence-corrected chi connectivity index (χ3v) is 23.4. The average Bonchev–Trinajstić information content (AvgIpc) is 1.01. The van der Waals surface area contributed by atoms with Crippen molar-refractivity contribution < 1.29 is 139 Å². The van der Waals surface area contributed by atoms with Gasteiger partial charge in [-0.15, -0.1) is 24.4 Å². The van der Waals surface area contributed by atoms with Gasteiger partial charge in [0.1, 0.15) is 19.6 Å². The Balaban J connectivity index is 0.000000663. The highest BCUT2D eigenvalue weighted by molar-refractivity contribution is 9.10. The predicted molar refractivity (Wildman–Crippen MR) is 373 cm³/mol. The Morgan fingerprint density at radius 2 is 0.720 bits per heavy atom. The number of nitrogens with zero attached hydrogens (tertiary/aromatic N) is 1. The SMILES string of the molecule is CC(C)(C(=O)O)S(=O)(=O)c1ccc(C(F)(F)F)cc1.CC(C)(C)c1cc(CC(=O)C(C)(C)S(=O)(=O)c2ccc(C(F)(F)F)cc2)no1.CCOC(=O)C(C)(C)Br.CCOC(=O)C(C)(C)S(=O)(=O)c1ccc(C(F)(F)F)cc1.CCOC(=O)C(C)(C)Sc1ccc(C(F)(F)F)cc1.FC(F)(F)c1ccc(S)cc1. The molecule has 17 nitrogen and oxygen atoms in total. The first-order chi connectivity index (χ1) is 48.1. The lowest BCUT2D eigenvalue weighted by molar-refractivity contribution is -0.146. The van der Waals surface area contributed by atoms with E-state index in [0.29, 0.717) is 64.3 Å². The Hall–Kier alpha value is -7.16. The monoisotopic (exact) mass is 1700 g/mol. The maximum absolute atomic E-state index is 12.9. The Bertz CT molecular complexity index is 4300. The van der Waals surface area contributed by atoms with Gasteiger partial charge in [0.05, 0.1) is 74.4 Å². The second kappa shape index (κ2) is 37.5. The largest absolute Gasteiger partial charge is 0.480 e. The van der Waals surface area contributed by atoms with Crippen LogP contribution in [0, 0.1) is 0 Å². The molecule has 0 aliphatic carbocycles. The van der Waals surface area contributed by atoms with Crippen LogP contribution in [0.15, 0.2) is 156 Å². The van der Waals surface area contributed by atoms with Crippen molar-refractivity contribution in [2.24, 2.45) is 0 Å². The minimum absolute atomic E-state index is 0.00476. The van der Waals surface area contributed by atoms with E-state index in [2.05, 4.69) is 33.7 Å². The molecule has 6 rings (SSSR count). The summed E-state index contributed by atoms with van der Waals surface area (Å²) in [5.41, 5.74) is -4.30. The molecule has 0 atom stereocenters. The fourth-order valence-corrected chi connectivity index (χ4v) is 12.9. The Kier molecular flexibility index (Phi) is 34.3. The van der Waals surface area contributed by atoms with Crippen LogP contribution in [0.5, 0.6) is 0 Å². The van der Waals surface area contributed by atoms with Crippen LogP contribution in [0.3, 0.4) is 0 Å². The fraction of sp³-hybridized carbons (Fsp3) is 0.449. The number of thioether (sulfide) groups is 1. The predicted octanol–water partition coefficient (Wildman–Crippen LogP) is 18.4.